The van der Waals surface area contributed by atoms with Gasteiger partial charge in [0.05, 0.1) is 0 Å². The Morgan fingerprint density at radius 1 is 1.00 bits per heavy atom. The summed E-state index contributed by atoms with van der Waals surface area (Å²) in [5, 5.41) is 11.7. The van der Waals surface area contributed by atoms with Crippen LogP contribution >= 0.6 is 0 Å². The third-order valence-corrected chi connectivity index (χ3v) is 4.10. The Labute approximate surface area is 177 Å². The van der Waals surface area contributed by atoms with Crippen molar-refractivity contribution in [2.45, 2.75) is 72.6 Å². The summed E-state index contributed by atoms with van der Waals surface area (Å²) in [5.74, 6) is -0.587. The Kier molecular flexibility index (Phi) is 9.14. The van der Waals surface area contributed by atoms with E-state index in [9.17, 15) is 19.5 Å². The number of alkyl carbamates (subject to hydrolysis) is 1. The molecule has 0 fully saturated rings. The maximum Gasteiger partial charge on any atom is 0.514 e. The molecule has 0 spiro atoms. The van der Waals surface area contributed by atoms with Crippen LogP contribution in [0.1, 0.15) is 54.0 Å². The number of benzene rings is 1. The predicted octanol–water partition coefficient (Wildman–Crippen LogP) is 4.40. The first-order chi connectivity index (χ1) is 13.8. The number of amides is 1. The summed E-state index contributed by atoms with van der Waals surface area (Å²) in [7, 11) is 0. The number of carboxylic acids is 1. The van der Waals surface area contributed by atoms with Crippen molar-refractivity contribution in [3.63, 3.8) is 0 Å². The van der Waals surface area contributed by atoms with Crippen LogP contribution in [-0.4, -0.2) is 41.1 Å². The molecule has 1 rings (SSSR count). The molecular formula is C22H33NO7. The maximum atomic E-state index is 12.0. The van der Waals surface area contributed by atoms with Crippen LogP contribution in [0, 0.1) is 11.8 Å². The number of carboxylic acid groups (broad SMARTS) is 1. The van der Waals surface area contributed by atoms with Crippen LogP contribution in [0.4, 0.5) is 9.59 Å². The van der Waals surface area contributed by atoms with Crippen LogP contribution in [-0.2, 0) is 20.7 Å². The van der Waals surface area contributed by atoms with Crippen LogP contribution in [0.2, 0.25) is 0 Å². The van der Waals surface area contributed by atoms with Gasteiger partial charge in [-0.15, -0.1) is 0 Å². The Hall–Kier alpha value is -2.77. The second-order valence-electron chi connectivity index (χ2n) is 8.81. The minimum absolute atomic E-state index is 0.0437. The van der Waals surface area contributed by atoms with Crippen molar-refractivity contribution in [3.05, 3.63) is 29.8 Å². The SMILES string of the molecule is CC(C)C(OC(=O)Oc1ccc(C[C@H](NC(=O)OC(C)(C)C)C(=O)O)cc1)C(C)C. The van der Waals surface area contributed by atoms with Crippen LogP contribution < -0.4 is 10.1 Å². The molecule has 8 heteroatoms. The molecule has 2 N–H and O–H groups in total. The molecule has 30 heavy (non-hydrogen) atoms. The lowest BCUT2D eigenvalue weighted by Crippen LogP contribution is -2.44. The zero-order valence-corrected chi connectivity index (χ0v) is 18.7. The molecular weight excluding hydrogens is 390 g/mol. The van der Waals surface area contributed by atoms with Gasteiger partial charge in [-0.05, 0) is 50.3 Å². The van der Waals surface area contributed by atoms with Crippen molar-refractivity contribution in [3.8, 4) is 5.75 Å². The molecule has 0 aliphatic heterocycles. The summed E-state index contributed by atoms with van der Waals surface area (Å²) in [5.41, 5.74) is -0.0911. The smallest absolute Gasteiger partial charge is 0.480 e. The zero-order chi connectivity index (χ0) is 23.1. The highest BCUT2D eigenvalue weighted by molar-refractivity contribution is 5.80. The topological polar surface area (TPSA) is 111 Å². The van der Waals surface area contributed by atoms with Crippen LogP contribution in [0.5, 0.6) is 5.75 Å². The van der Waals surface area contributed by atoms with Crippen molar-refractivity contribution < 1.29 is 33.7 Å². The average molecular weight is 424 g/mol. The number of hydrogen-bond donors (Lipinski definition) is 2. The summed E-state index contributed by atoms with van der Waals surface area (Å²) in [6.45, 7) is 12.9. The lowest BCUT2D eigenvalue weighted by Gasteiger charge is -2.24. The lowest BCUT2D eigenvalue weighted by atomic mass is 9.96. The first-order valence-corrected chi connectivity index (χ1v) is 9.98. The third kappa shape index (κ3) is 9.15. The quantitative estimate of drug-likeness (QED) is 0.471. The number of ether oxygens (including phenoxy) is 3. The fraction of sp³-hybridized carbons (Fsp3) is 0.591. The van der Waals surface area contributed by atoms with E-state index < -0.39 is 29.9 Å². The number of aliphatic carboxylic acids is 1. The predicted molar refractivity (Wildman–Crippen MR) is 112 cm³/mol. The van der Waals surface area contributed by atoms with E-state index in [2.05, 4.69) is 5.32 Å². The minimum atomic E-state index is -1.18. The van der Waals surface area contributed by atoms with Gasteiger partial charge in [0.15, 0.2) is 0 Å². The Balaban J connectivity index is 2.70. The highest BCUT2D eigenvalue weighted by Gasteiger charge is 2.25. The number of rotatable bonds is 8. The first-order valence-electron chi connectivity index (χ1n) is 9.98. The van der Waals surface area contributed by atoms with E-state index >= 15 is 0 Å². The highest BCUT2D eigenvalue weighted by atomic mass is 16.7. The Morgan fingerprint density at radius 2 is 1.53 bits per heavy atom. The van der Waals surface area contributed by atoms with Crippen molar-refractivity contribution >= 4 is 18.2 Å². The molecule has 0 unspecified atom stereocenters. The van der Waals surface area contributed by atoms with E-state index in [1.54, 1.807) is 45.0 Å². The van der Waals surface area contributed by atoms with Crippen LogP contribution in [0.3, 0.4) is 0 Å². The van der Waals surface area contributed by atoms with Gasteiger partial charge in [-0.25, -0.2) is 14.4 Å². The molecule has 8 nitrogen and oxygen atoms in total. The van der Waals surface area contributed by atoms with Crippen molar-refractivity contribution in [1.82, 2.24) is 5.32 Å². The summed E-state index contributed by atoms with van der Waals surface area (Å²) >= 11 is 0. The molecule has 168 valence electrons. The largest absolute Gasteiger partial charge is 0.514 e. The molecule has 0 aliphatic carbocycles. The van der Waals surface area contributed by atoms with E-state index in [0.29, 0.717) is 5.56 Å². The Morgan fingerprint density at radius 3 is 1.97 bits per heavy atom. The van der Waals surface area contributed by atoms with Gasteiger partial charge in [0.1, 0.15) is 23.5 Å². The zero-order valence-electron chi connectivity index (χ0n) is 18.7. The van der Waals surface area contributed by atoms with Crippen molar-refractivity contribution in [1.29, 1.82) is 0 Å². The maximum absolute atomic E-state index is 12.0. The minimum Gasteiger partial charge on any atom is -0.480 e. The van der Waals surface area contributed by atoms with Gasteiger partial charge in [0.2, 0.25) is 0 Å². The van der Waals surface area contributed by atoms with Gasteiger partial charge in [-0.2, -0.15) is 0 Å². The van der Waals surface area contributed by atoms with Crippen LogP contribution in [0.25, 0.3) is 0 Å². The molecule has 0 aliphatic rings. The number of nitrogens with one attached hydrogen (secondary N) is 1. The van der Waals surface area contributed by atoms with E-state index in [-0.39, 0.29) is 30.1 Å². The second kappa shape index (κ2) is 10.8. The molecule has 1 aromatic carbocycles. The normalized spacial score (nSPS) is 12.6. The molecule has 0 aromatic heterocycles. The lowest BCUT2D eigenvalue weighted by molar-refractivity contribution is -0.139. The fourth-order valence-corrected chi connectivity index (χ4v) is 2.85. The van der Waals surface area contributed by atoms with Gasteiger partial charge < -0.3 is 24.6 Å². The molecule has 1 aromatic rings. The molecule has 0 heterocycles. The van der Waals surface area contributed by atoms with Gasteiger partial charge >= 0.3 is 18.2 Å². The van der Waals surface area contributed by atoms with Crippen LogP contribution in [0.15, 0.2) is 24.3 Å². The number of carbonyl (C=O) groups is 3. The van der Waals surface area contributed by atoms with E-state index in [1.165, 1.54) is 0 Å². The van der Waals surface area contributed by atoms with Crippen molar-refractivity contribution in [2.24, 2.45) is 11.8 Å². The molecule has 0 saturated heterocycles. The monoisotopic (exact) mass is 423 g/mol. The van der Waals surface area contributed by atoms with Gasteiger partial charge in [0.25, 0.3) is 0 Å². The number of carbonyl (C=O) groups excluding carboxylic acids is 2. The average Bonchev–Trinajstić information content (AvgIpc) is 2.58. The summed E-state index contributed by atoms with van der Waals surface area (Å²) < 4.78 is 15.7. The first kappa shape index (κ1) is 25.3. The second-order valence-corrected chi connectivity index (χ2v) is 8.81. The summed E-state index contributed by atoms with van der Waals surface area (Å²) in [6, 6.07) is 5.18. The van der Waals surface area contributed by atoms with Crippen molar-refractivity contribution in [2.75, 3.05) is 0 Å². The molecule has 1 atom stereocenters. The Bertz CT molecular complexity index is 712. The number of hydrogen-bond acceptors (Lipinski definition) is 6. The molecule has 1 amide bonds. The highest BCUT2D eigenvalue weighted by Crippen LogP contribution is 2.19. The molecule has 0 bridgehead atoms. The fourth-order valence-electron chi connectivity index (χ4n) is 2.85. The summed E-state index contributed by atoms with van der Waals surface area (Å²) in [6.07, 6.45) is -1.80. The van der Waals surface area contributed by atoms with Gasteiger partial charge in [-0.3, -0.25) is 0 Å². The van der Waals surface area contributed by atoms with E-state index in [4.69, 9.17) is 14.2 Å². The van der Waals surface area contributed by atoms with E-state index in [0.717, 1.165) is 0 Å². The van der Waals surface area contributed by atoms with Gasteiger partial charge in [0, 0.05) is 6.42 Å². The third-order valence-electron chi connectivity index (χ3n) is 4.10. The standard InChI is InChI=1S/C22H33NO7/c1-13(2)18(14(3)4)29-21(27)28-16-10-8-15(9-11-16)12-17(19(24)25)23-20(26)30-22(5,6)7/h8-11,13-14,17-18H,12H2,1-7H3,(H,23,26)(H,24,25)/t17-/m0/s1. The van der Waals surface area contributed by atoms with Gasteiger partial charge in [-0.1, -0.05) is 39.8 Å². The van der Waals surface area contributed by atoms with E-state index in [1.807, 2.05) is 27.7 Å². The molecule has 0 saturated carbocycles. The summed E-state index contributed by atoms with van der Waals surface area (Å²) in [4.78, 5) is 35.4. The molecule has 0 radical (unpaired) electrons.